The smallest absolute Gasteiger partial charge is 0.378 e. The minimum atomic E-state index is -4.42. The number of ether oxygens (including phenoxy) is 1. The van der Waals surface area contributed by atoms with Gasteiger partial charge in [-0.1, -0.05) is 12.1 Å². The molecule has 1 aromatic carbocycles. The van der Waals surface area contributed by atoms with Gasteiger partial charge in [0.1, 0.15) is 0 Å². The number of halogens is 3. The standard InChI is InChI=1S/C15H21F3N2O3S/c1-14(2,15(16,17)18)11-3-5-13(6-4-11)24(21,22)20-9-12-10-23-8-7-19-12/h3-6,12,19-20H,7-10H2,1-2H3. The molecule has 1 aliphatic rings. The van der Waals surface area contributed by atoms with E-state index in [1.165, 1.54) is 24.3 Å². The largest absolute Gasteiger partial charge is 0.397 e. The Bertz CT molecular complexity index is 652. The van der Waals surface area contributed by atoms with Crippen LogP contribution in [0.4, 0.5) is 13.2 Å². The van der Waals surface area contributed by atoms with Crippen LogP contribution < -0.4 is 10.0 Å². The highest BCUT2D eigenvalue weighted by Gasteiger charge is 2.48. The molecule has 24 heavy (non-hydrogen) atoms. The molecule has 0 aliphatic carbocycles. The van der Waals surface area contributed by atoms with Crippen LogP contribution in [0.2, 0.25) is 0 Å². The van der Waals surface area contributed by atoms with Crippen molar-refractivity contribution in [3.63, 3.8) is 0 Å². The van der Waals surface area contributed by atoms with Crippen LogP contribution in [-0.4, -0.2) is 46.9 Å². The van der Waals surface area contributed by atoms with E-state index >= 15 is 0 Å². The van der Waals surface area contributed by atoms with E-state index in [1.54, 1.807) is 0 Å². The number of hydrogen-bond acceptors (Lipinski definition) is 4. The van der Waals surface area contributed by atoms with Gasteiger partial charge in [0.15, 0.2) is 0 Å². The molecule has 5 nitrogen and oxygen atoms in total. The fourth-order valence-electron chi connectivity index (χ4n) is 2.26. The minimum Gasteiger partial charge on any atom is -0.378 e. The lowest BCUT2D eigenvalue weighted by Gasteiger charge is -2.28. The molecule has 0 radical (unpaired) electrons. The summed E-state index contributed by atoms with van der Waals surface area (Å²) in [6, 6.07) is 4.65. The third-order valence-electron chi connectivity index (χ3n) is 4.11. The topological polar surface area (TPSA) is 67.4 Å². The van der Waals surface area contributed by atoms with E-state index in [4.69, 9.17) is 4.74 Å². The third kappa shape index (κ3) is 4.27. The molecule has 0 amide bonds. The molecule has 1 saturated heterocycles. The van der Waals surface area contributed by atoms with Crippen LogP contribution in [0.1, 0.15) is 19.4 Å². The summed E-state index contributed by atoms with van der Waals surface area (Å²) in [5.74, 6) is 0. The van der Waals surface area contributed by atoms with Crippen LogP contribution in [0.25, 0.3) is 0 Å². The molecule has 1 aliphatic heterocycles. The summed E-state index contributed by atoms with van der Waals surface area (Å²) in [5, 5.41) is 3.11. The summed E-state index contributed by atoms with van der Waals surface area (Å²) < 4.78 is 71.2. The molecule has 1 heterocycles. The van der Waals surface area contributed by atoms with Gasteiger partial charge in [-0.2, -0.15) is 13.2 Å². The first-order valence-corrected chi connectivity index (χ1v) is 9.00. The second kappa shape index (κ2) is 6.99. The Morgan fingerprint density at radius 1 is 1.25 bits per heavy atom. The van der Waals surface area contributed by atoms with Crippen LogP contribution in [0.15, 0.2) is 29.2 Å². The fourth-order valence-corrected chi connectivity index (χ4v) is 3.34. The van der Waals surface area contributed by atoms with Gasteiger partial charge in [0.05, 0.1) is 23.5 Å². The molecule has 2 N–H and O–H groups in total. The molecule has 136 valence electrons. The Labute approximate surface area is 139 Å². The highest BCUT2D eigenvalue weighted by atomic mass is 32.2. The molecule has 1 fully saturated rings. The molecule has 1 aromatic rings. The monoisotopic (exact) mass is 366 g/mol. The van der Waals surface area contributed by atoms with Crippen molar-refractivity contribution < 1.29 is 26.3 Å². The summed E-state index contributed by atoms with van der Waals surface area (Å²) in [6.45, 7) is 3.90. The van der Waals surface area contributed by atoms with Gasteiger partial charge in [-0.3, -0.25) is 0 Å². The SMILES string of the molecule is CC(C)(c1ccc(S(=O)(=O)NCC2COCCN2)cc1)C(F)(F)F. The van der Waals surface area contributed by atoms with Crippen molar-refractivity contribution in [2.75, 3.05) is 26.3 Å². The molecule has 2 rings (SSSR count). The Hall–Kier alpha value is -1.16. The molecule has 9 heteroatoms. The maximum absolute atomic E-state index is 13.0. The predicted molar refractivity (Wildman–Crippen MR) is 83.3 cm³/mol. The van der Waals surface area contributed by atoms with Crippen molar-refractivity contribution in [3.8, 4) is 0 Å². The summed E-state index contributed by atoms with van der Waals surface area (Å²) in [4.78, 5) is -0.0686. The van der Waals surface area contributed by atoms with Crippen molar-refractivity contribution in [2.24, 2.45) is 0 Å². The normalized spacial score (nSPS) is 20.1. The zero-order valence-electron chi connectivity index (χ0n) is 13.5. The van der Waals surface area contributed by atoms with E-state index in [9.17, 15) is 21.6 Å². The van der Waals surface area contributed by atoms with E-state index in [1.807, 2.05) is 0 Å². The first-order chi connectivity index (χ1) is 11.0. The van der Waals surface area contributed by atoms with Gasteiger partial charge >= 0.3 is 6.18 Å². The quantitative estimate of drug-likeness (QED) is 0.834. The highest BCUT2D eigenvalue weighted by Crippen LogP contribution is 2.40. The average Bonchev–Trinajstić information content (AvgIpc) is 2.53. The number of benzene rings is 1. The zero-order valence-corrected chi connectivity index (χ0v) is 14.3. The first kappa shape index (κ1) is 19.2. The number of morpholine rings is 1. The Morgan fingerprint density at radius 2 is 1.88 bits per heavy atom. The van der Waals surface area contributed by atoms with Crippen LogP contribution >= 0.6 is 0 Å². The second-order valence-electron chi connectivity index (χ2n) is 6.22. The predicted octanol–water partition coefficient (Wildman–Crippen LogP) is 1.79. The van der Waals surface area contributed by atoms with Crippen LogP contribution in [0, 0.1) is 0 Å². The van der Waals surface area contributed by atoms with Gasteiger partial charge in [0, 0.05) is 19.1 Å². The van der Waals surface area contributed by atoms with Gasteiger partial charge in [-0.25, -0.2) is 13.1 Å². The first-order valence-electron chi connectivity index (χ1n) is 7.52. The molecular formula is C15H21F3N2O3S. The van der Waals surface area contributed by atoms with Crippen LogP contribution in [0.5, 0.6) is 0 Å². The van der Waals surface area contributed by atoms with E-state index in [0.717, 1.165) is 13.8 Å². The van der Waals surface area contributed by atoms with Crippen molar-refractivity contribution in [1.29, 1.82) is 0 Å². The van der Waals surface area contributed by atoms with Crippen LogP contribution in [0.3, 0.4) is 0 Å². The molecule has 0 spiro atoms. The fraction of sp³-hybridized carbons (Fsp3) is 0.600. The Kier molecular flexibility index (Phi) is 5.58. The molecule has 0 aromatic heterocycles. The molecular weight excluding hydrogens is 345 g/mol. The third-order valence-corrected chi connectivity index (χ3v) is 5.55. The number of sulfonamides is 1. The van der Waals surface area contributed by atoms with Crippen molar-refractivity contribution in [3.05, 3.63) is 29.8 Å². The average molecular weight is 366 g/mol. The van der Waals surface area contributed by atoms with Crippen LogP contribution in [-0.2, 0) is 20.2 Å². The maximum Gasteiger partial charge on any atom is 0.397 e. The summed E-state index contributed by atoms with van der Waals surface area (Å²) >= 11 is 0. The highest BCUT2D eigenvalue weighted by molar-refractivity contribution is 7.89. The molecule has 1 unspecified atom stereocenters. The minimum absolute atomic E-state index is 0.0105. The summed E-state index contributed by atoms with van der Waals surface area (Å²) in [6.07, 6.45) is -4.42. The van der Waals surface area contributed by atoms with Crippen molar-refractivity contribution >= 4 is 10.0 Å². The second-order valence-corrected chi connectivity index (χ2v) is 7.99. The van der Waals surface area contributed by atoms with Crippen molar-refractivity contribution in [1.82, 2.24) is 10.0 Å². The summed E-state index contributed by atoms with van der Waals surface area (Å²) in [5.41, 5.74) is -2.04. The zero-order chi connectivity index (χ0) is 18.0. The summed E-state index contributed by atoms with van der Waals surface area (Å²) in [7, 11) is -3.78. The van der Waals surface area contributed by atoms with Crippen molar-refractivity contribution in [2.45, 2.75) is 36.4 Å². The molecule has 1 atom stereocenters. The number of nitrogens with one attached hydrogen (secondary N) is 2. The van der Waals surface area contributed by atoms with Gasteiger partial charge < -0.3 is 10.1 Å². The lowest BCUT2D eigenvalue weighted by molar-refractivity contribution is -0.180. The lowest BCUT2D eigenvalue weighted by Crippen LogP contribution is -2.48. The Morgan fingerprint density at radius 3 is 2.38 bits per heavy atom. The van der Waals surface area contributed by atoms with E-state index in [0.29, 0.717) is 19.8 Å². The maximum atomic E-state index is 13.0. The number of hydrogen-bond donors (Lipinski definition) is 2. The lowest BCUT2D eigenvalue weighted by atomic mass is 9.84. The van der Waals surface area contributed by atoms with E-state index in [-0.39, 0.29) is 23.0 Å². The molecule has 0 bridgehead atoms. The van der Waals surface area contributed by atoms with E-state index in [2.05, 4.69) is 10.0 Å². The van der Waals surface area contributed by atoms with Gasteiger partial charge in [-0.15, -0.1) is 0 Å². The van der Waals surface area contributed by atoms with E-state index < -0.39 is 21.6 Å². The van der Waals surface area contributed by atoms with Gasteiger partial charge in [0.25, 0.3) is 0 Å². The Balaban J connectivity index is 2.08. The number of rotatable bonds is 5. The number of alkyl halides is 3. The molecule has 0 saturated carbocycles. The van der Waals surface area contributed by atoms with Gasteiger partial charge in [-0.05, 0) is 31.5 Å². The van der Waals surface area contributed by atoms with Gasteiger partial charge in [0.2, 0.25) is 10.0 Å².